The highest BCUT2D eigenvalue weighted by atomic mass is 127. The molecular weight excluding hydrogens is 469 g/mol. The van der Waals surface area contributed by atoms with Crippen molar-refractivity contribution in [3.05, 3.63) is 29.8 Å². The number of aliphatic imine (C=N–C) groups is 1. The van der Waals surface area contributed by atoms with Gasteiger partial charge in [-0.1, -0.05) is 26.0 Å². The van der Waals surface area contributed by atoms with Crippen molar-refractivity contribution in [2.45, 2.75) is 46.3 Å². The zero-order valence-corrected chi connectivity index (χ0v) is 19.7. The van der Waals surface area contributed by atoms with Gasteiger partial charge in [0.2, 0.25) is 0 Å². The van der Waals surface area contributed by atoms with Gasteiger partial charge in [0.25, 0.3) is 0 Å². The van der Waals surface area contributed by atoms with Crippen molar-refractivity contribution in [1.82, 2.24) is 10.6 Å². The summed E-state index contributed by atoms with van der Waals surface area (Å²) >= 11 is 0. The van der Waals surface area contributed by atoms with Gasteiger partial charge in [-0.2, -0.15) is 0 Å². The summed E-state index contributed by atoms with van der Waals surface area (Å²) in [5.41, 5.74) is 1.16. The highest BCUT2D eigenvalue weighted by Gasteiger charge is 2.15. The Morgan fingerprint density at radius 3 is 2.68 bits per heavy atom. The number of rotatable bonds is 11. The first-order chi connectivity index (χ1) is 13.2. The average Bonchev–Trinajstić information content (AvgIpc) is 3.18. The van der Waals surface area contributed by atoms with E-state index in [1.807, 2.05) is 12.1 Å². The first-order valence-corrected chi connectivity index (χ1v) is 10.1. The molecule has 1 fully saturated rings. The molecule has 1 aromatic rings. The molecule has 1 aliphatic rings. The van der Waals surface area contributed by atoms with Gasteiger partial charge in [0.15, 0.2) is 5.96 Å². The molecule has 0 radical (unpaired) electrons. The zero-order chi connectivity index (χ0) is 19.3. The Balaban J connectivity index is 0.00000392. The van der Waals surface area contributed by atoms with E-state index in [1.165, 1.54) is 0 Å². The van der Waals surface area contributed by atoms with Crippen LogP contribution in [0.15, 0.2) is 29.3 Å². The number of nitrogens with zero attached hydrogens (tertiary/aromatic N) is 1. The third-order valence-corrected chi connectivity index (χ3v) is 4.13. The van der Waals surface area contributed by atoms with E-state index in [4.69, 9.17) is 14.2 Å². The maximum Gasteiger partial charge on any atom is 0.191 e. The minimum atomic E-state index is 0. The quantitative estimate of drug-likeness (QED) is 0.208. The molecule has 2 N–H and O–H groups in total. The molecule has 1 aliphatic heterocycles. The van der Waals surface area contributed by atoms with Crippen LogP contribution < -0.4 is 15.4 Å². The van der Waals surface area contributed by atoms with Gasteiger partial charge in [-0.3, -0.25) is 0 Å². The lowest BCUT2D eigenvalue weighted by Gasteiger charge is -2.13. The van der Waals surface area contributed by atoms with Crippen molar-refractivity contribution in [2.75, 3.05) is 39.5 Å². The fraction of sp³-hybridized carbons (Fsp3) is 0.667. The number of halogens is 1. The summed E-state index contributed by atoms with van der Waals surface area (Å²) in [4.78, 5) is 4.66. The largest absolute Gasteiger partial charge is 0.493 e. The molecule has 160 valence electrons. The van der Waals surface area contributed by atoms with E-state index in [0.717, 1.165) is 69.6 Å². The number of hydrogen-bond acceptors (Lipinski definition) is 4. The molecule has 0 amide bonds. The SMILES string of the molecule is CCNC(=NCc1ccc(OCC(C)C)cc1)NCCCOC1CCOC1.I. The van der Waals surface area contributed by atoms with Crippen molar-refractivity contribution in [2.24, 2.45) is 10.9 Å². The van der Waals surface area contributed by atoms with E-state index in [2.05, 4.69) is 48.5 Å². The van der Waals surface area contributed by atoms with E-state index in [0.29, 0.717) is 12.5 Å². The van der Waals surface area contributed by atoms with Crippen LogP contribution in [-0.2, 0) is 16.0 Å². The Hall–Kier alpha value is -1.06. The van der Waals surface area contributed by atoms with Crippen LogP contribution in [0.2, 0.25) is 0 Å². The van der Waals surface area contributed by atoms with Crippen LogP contribution in [0.25, 0.3) is 0 Å². The normalized spacial score (nSPS) is 16.7. The van der Waals surface area contributed by atoms with Crippen molar-refractivity contribution < 1.29 is 14.2 Å². The molecule has 0 aliphatic carbocycles. The maximum atomic E-state index is 5.78. The molecule has 7 heteroatoms. The molecule has 1 atom stereocenters. The third-order valence-electron chi connectivity index (χ3n) is 4.13. The summed E-state index contributed by atoms with van der Waals surface area (Å²) in [6.45, 7) is 11.7. The monoisotopic (exact) mass is 505 g/mol. The summed E-state index contributed by atoms with van der Waals surface area (Å²) in [5.74, 6) is 2.27. The van der Waals surface area contributed by atoms with E-state index < -0.39 is 0 Å². The molecule has 1 saturated heterocycles. The second-order valence-electron chi connectivity index (χ2n) is 7.18. The Morgan fingerprint density at radius 2 is 2.04 bits per heavy atom. The smallest absolute Gasteiger partial charge is 0.191 e. The first kappa shape index (κ1) is 25.0. The van der Waals surface area contributed by atoms with Crippen LogP contribution in [0.1, 0.15) is 39.2 Å². The predicted molar refractivity (Wildman–Crippen MR) is 125 cm³/mol. The summed E-state index contributed by atoms with van der Waals surface area (Å²) < 4.78 is 16.8. The van der Waals surface area contributed by atoms with Gasteiger partial charge < -0.3 is 24.8 Å². The van der Waals surface area contributed by atoms with Crippen molar-refractivity contribution in [3.8, 4) is 5.75 Å². The molecular formula is C21H36IN3O3. The Morgan fingerprint density at radius 1 is 1.25 bits per heavy atom. The molecule has 0 aromatic heterocycles. The van der Waals surface area contributed by atoms with E-state index >= 15 is 0 Å². The molecule has 6 nitrogen and oxygen atoms in total. The Labute approximate surface area is 186 Å². The van der Waals surface area contributed by atoms with Gasteiger partial charge >= 0.3 is 0 Å². The van der Waals surface area contributed by atoms with Gasteiger partial charge in [0.05, 0.1) is 25.9 Å². The topological polar surface area (TPSA) is 64.1 Å². The first-order valence-electron chi connectivity index (χ1n) is 10.1. The van der Waals surface area contributed by atoms with Crippen LogP contribution in [0, 0.1) is 5.92 Å². The van der Waals surface area contributed by atoms with Crippen molar-refractivity contribution in [1.29, 1.82) is 0 Å². The molecule has 1 aromatic carbocycles. The van der Waals surface area contributed by atoms with Gasteiger partial charge in [0.1, 0.15) is 5.75 Å². The average molecular weight is 505 g/mol. The molecule has 1 heterocycles. The van der Waals surface area contributed by atoms with Gasteiger partial charge in [0, 0.05) is 26.3 Å². The lowest BCUT2D eigenvalue weighted by Crippen LogP contribution is -2.38. The van der Waals surface area contributed by atoms with Gasteiger partial charge in [-0.15, -0.1) is 24.0 Å². The Kier molecular flexibility index (Phi) is 13.3. The second-order valence-corrected chi connectivity index (χ2v) is 7.18. The molecule has 2 rings (SSSR count). The molecule has 0 saturated carbocycles. The highest BCUT2D eigenvalue weighted by molar-refractivity contribution is 14.0. The van der Waals surface area contributed by atoms with Crippen LogP contribution in [0.5, 0.6) is 5.75 Å². The van der Waals surface area contributed by atoms with Gasteiger partial charge in [-0.05, 0) is 43.4 Å². The molecule has 1 unspecified atom stereocenters. The number of guanidine groups is 1. The minimum Gasteiger partial charge on any atom is -0.493 e. The lowest BCUT2D eigenvalue weighted by atomic mass is 10.2. The number of hydrogen-bond donors (Lipinski definition) is 2. The summed E-state index contributed by atoms with van der Waals surface area (Å²) in [5, 5.41) is 6.65. The van der Waals surface area contributed by atoms with Crippen LogP contribution in [-0.4, -0.2) is 51.6 Å². The van der Waals surface area contributed by atoms with Crippen molar-refractivity contribution >= 4 is 29.9 Å². The fourth-order valence-electron chi connectivity index (χ4n) is 2.64. The molecule has 0 bridgehead atoms. The number of benzene rings is 1. The lowest BCUT2D eigenvalue weighted by molar-refractivity contribution is 0.0420. The summed E-state index contributed by atoms with van der Waals surface area (Å²) in [6.07, 6.45) is 2.24. The van der Waals surface area contributed by atoms with E-state index in [1.54, 1.807) is 0 Å². The van der Waals surface area contributed by atoms with E-state index in [-0.39, 0.29) is 30.1 Å². The third kappa shape index (κ3) is 10.5. The fourth-order valence-corrected chi connectivity index (χ4v) is 2.64. The summed E-state index contributed by atoms with van der Waals surface area (Å²) in [6, 6.07) is 8.16. The standard InChI is InChI=1S/C21H35N3O3.HI/c1-4-22-21(23-11-5-12-26-20-10-13-25-16-20)24-14-18-6-8-19(9-7-18)27-15-17(2)3;/h6-9,17,20H,4-5,10-16H2,1-3H3,(H2,22,23,24);1H. The van der Waals surface area contributed by atoms with E-state index in [9.17, 15) is 0 Å². The maximum absolute atomic E-state index is 5.78. The highest BCUT2D eigenvalue weighted by Crippen LogP contribution is 2.14. The minimum absolute atomic E-state index is 0. The van der Waals surface area contributed by atoms with Crippen molar-refractivity contribution in [3.63, 3.8) is 0 Å². The zero-order valence-electron chi connectivity index (χ0n) is 17.4. The number of ether oxygens (including phenoxy) is 3. The van der Waals surface area contributed by atoms with Crippen LogP contribution >= 0.6 is 24.0 Å². The summed E-state index contributed by atoms with van der Waals surface area (Å²) in [7, 11) is 0. The second kappa shape index (κ2) is 14.9. The van der Waals surface area contributed by atoms with Crippen LogP contribution in [0.3, 0.4) is 0 Å². The molecule has 28 heavy (non-hydrogen) atoms. The van der Waals surface area contributed by atoms with Crippen LogP contribution in [0.4, 0.5) is 0 Å². The number of nitrogens with one attached hydrogen (secondary N) is 2. The van der Waals surface area contributed by atoms with Gasteiger partial charge in [-0.25, -0.2) is 4.99 Å². The predicted octanol–water partition coefficient (Wildman–Crippen LogP) is 3.59. The Bertz CT molecular complexity index is 546. The molecule has 0 spiro atoms.